The highest BCUT2D eigenvalue weighted by atomic mass is 16.3. The predicted molar refractivity (Wildman–Crippen MR) is 49.2 cm³/mol. The van der Waals surface area contributed by atoms with Crippen LogP contribution in [0.1, 0.15) is 24.3 Å². The van der Waals surface area contributed by atoms with E-state index in [1.807, 2.05) is 6.07 Å². The molecule has 1 aliphatic rings. The van der Waals surface area contributed by atoms with E-state index in [2.05, 4.69) is 10.3 Å². The molecule has 2 rings (SSSR count). The topological polar surface area (TPSA) is 44.8 Å². The van der Waals surface area contributed by atoms with Crippen molar-refractivity contribution in [2.45, 2.75) is 18.8 Å². The predicted octanol–water partition coefficient (Wildman–Crippen LogP) is 1.69. The minimum absolute atomic E-state index is 0.146. The molecule has 1 aromatic rings. The second-order valence-corrected chi connectivity index (χ2v) is 3.47. The van der Waals surface area contributed by atoms with Crippen molar-refractivity contribution in [3.05, 3.63) is 23.9 Å². The summed E-state index contributed by atoms with van der Waals surface area (Å²) in [6.45, 7) is 2.13. The smallest absolute Gasteiger partial charge is 0.269 e. The maximum Gasteiger partial charge on any atom is 0.269 e. The summed E-state index contributed by atoms with van der Waals surface area (Å²) in [5.74, 6) is 0.398. The van der Waals surface area contributed by atoms with Gasteiger partial charge in [-0.15, -0.1) is 0 Å². The Morgan fingerprint density at radius 2 is 2.38 bits per heavy atom. The fraction of sp³-hybridized carbons (Fsp3) is 0.500. The summed E-state index contributed by atoms with van der Waals surface area (Å²) < 4.78 is 0. The average Bonchev–Trinajstić information content (AvgIpc) is 2.20. The lowest BCUT2D eigenvalue weighted by Crippen LogP contribution is -2.28. The monoisotopic (exact) mass is 177 g/mol. The highest BCUT2D eigenvalue weighted by molar-refractivity contribution is 5.20. The van der Waals surface area contributed by atoms with Gasteiger partial charge in [0, 0.05) is 18.8 Å². The molecule has 1 atom stereocenters. The first kappa shape index (κ1) is 8.51. The van der Waals surface area contributed by atoms with E-state index in [0.29, 0.717) is 5.92 Å². The standard InChI is InChI=1S/C10H13N2O/c13-10-4-3-9(7-12-10)8-2-1-5-11-6-8/h3-4,7-8,11H,1-2,5-6H2. The van der Waals surface area contributed by atoms with Crippen LogP contribution >= 0.6 is 0 Å². The first-order valence-electron chi connectivity index (χ1n) is 4.70. The van der Waals surface area contributed by atoms with Crippen LogP contribution in [-0.2, 0) is 5.11 Å². The van der Waals surface area contributed by atoms with Gasteiger partial charge in [-0.2, -0.15) is 0 Å². The fourth-order valence-electron chi connectivity index (χ4n) is 1.77. The number of hydrogen-bond acceptors (Lipinski definition) is 2. The second kappa shape index (κ2) is 3.75. The molecule has 3 heteroatoms. The lowest BCUT2D eigenvalue weighted by atomic mass is 9.93. The molecule has 0 bridgehead atoms. The fourth-order valence-corrected chi connectivity index (χ4v) is 1.77. The summed E-state index contributed by atoms with van der Waals surface area (Å²) in [7, 11) is 0. The van der Waals surface area contributed by atoms with Gasteiger partial charge in [0.2, 0.25) is 0 Å². The van der Waals surface area contributed by atoms with Crippen molar-refractivity contribution in [1.29, 1.82) is 0 Å². The highest BCUT2D eigenvalue weighted by Crippen LogP contribution is 2.23. The van der Waals surface area contributed by atoms with Crippen molar-refractivity contribution in [1.82, 2.24) is 10.3 Å². The zero-order valence-corrected chi connectivity index (χ0v) is 7.49. The molecule has 1 aliphatic heterocycles. The van der Waals surface area contributed by atoms with E-state index >= 15 is 0 Å². The van der Waals surface area contributed by atoms with Crippen LogP contribution in [0.4, 0.5) is 0 Å². The third-order valence-electron chi connectivity index (χ3n) is 2.53. The molecule has 3 nitrogen and oxygen atoms in total. The van der Waals surface area contributed by atoms with Crippen LogP contribution < -0.4 is 5.32 Å². The molecular weight excluding hydrogens is 164 g/mol. The molecule has 0 spiro atoms. The Balaban J connectivity index is 2.10. The molecule has 1 fully saturated rings. The van der Waals surface area contributed by atoms with Crippen molar-refractivity contribution in [3.63, 3.8) is 0 Å². The summed E-state index contributed by atoms with van der Waals surface area (Å²) in [5, 5.41) is 14.1. The van der Waals surface area contributed by atoms with Gasteiger partial charge >= 0.3 is 0 Å². The SMILES string of the molecule is [O]c1ccc(C2CCCNC2)cn1. The van der Waals surface area contributed by atoms with Gasteiger partial charge in [0.05, 0.1) is 0 Å². The van der Waals surface area contributed by atoms with Gasteiger partial charge in [0.15, 0.2) is 0 Å². The largest absolute Gasteiger partial charge is 0.316 e. The van der Waals surface area contributed by atoms with Crippen LogP contribution in [0.25, 0.3) is 0 Å². The first-order chi connectivity index (χ1) is 6.36. The van der Waals surface area contributed by atoms with E-state index in [0.717, 1.165) is 13.1 Å². The van der Waals surface area contributed by atoms with Crippen molar-refractivity contribution >= 4 is 0 Å². The van der Waals surface area contributed by atoms with Gasteiger partial charge in [-0.25, -0.2) is 4.98 Å². The lowest BCUT2D eigenvalue weighted by Gasteiger charge is -2.22. The summed E-state index contributed by atoms with van der Waals surface area (Å²) in [6, 6.07) is 3.44. The van der Waals surface area contributed by atoms with Gasteiger partial charge < -0.3 is 5.32 Å². The Labute approximate surface area is 77.8 Å². The molecule has 1 unspecified atom stereocenters. The van der Waals surface area contributed by atoms with Crippen molar-refractivity contribution in [3.8, 4) is 5.88 Å². The zero-order chi connectivity index (χ0) is 9.10. The molecule has 13 heavy (non-hydrogen) atoms. The Hall–Kier alpha value is -1.09. The van der Waals surface area contributed by atoms with E-state index in [1.54, 1.807) is 12.3 Å². The maximum atomic E-state index is 10.8. The highest BCUT2D eigenvalue weighted by Gasteiger charge is 2.14. The van der Waals surface area contributed by atoms with Crippen molar-refractivity contribution in [2.75, 3.05) is 13.1 Å². The van der Waals surface area contributed by atoms with Gasteiger partial charge in [-0.3, -0.25) is 5.11 Å². The van der Waals surface area contributed by atoms with E-state index in [-0.39, 0.29) is 5.88 Å². The number of aromatic nitrogens is 1. The summed E-state index contributed by atoms with van der Waals surface area (Å²) in [6.07, 6.45) is 4.12. The van der Waals surface area contributed by atoms with Crippen LogP contribution in [0.5, 0.6) is 5.88 Å². The number of hydrogen-bond donors (Lipinski definition) is 1. The molecule has 1 aromatic heterocycles. The van der Waals surface area contributed by atoms with Gasteiger partial charge in [0.25, 0.3) is 5.88 Å². The first-order valence-corrected chi connectivity index (χ1v) is 4.70. The van der Waals surface area contributed by atoms with Crippen LogP contribution in [0.15, 0.2) is 18.3 Å². The van der Waals surface area contributed by atoms with Gasteiger partial charge in [-0.05, 0) is 30.9 Å². The van der Waals surface area contributed by atoms with Crippen LogP contribution in [-0.4, -0.2) is 18.1 Å². The molecule has 0 aromatic carbocycles. The molecule has 0 amide bonds. The number of pyridine rings is 1. The zero-order valence-electron chi connectivity index (χ0n) is 7.49. The van der Waals surface area contributed by atoms with E-state index in [4.69, 9.17) is 0 Å². The number of rotatable bonds is 1. The quantitative estimate of drug-likeness (QED) is 0.709. The third kappa shape index (κ3) is 1.98. The minimum Gasteiger partial charge on any atom is -0.316 e. The van der Waals surface area contributed by atoms with Crippen molar-refractivity contribution in [2.24, 2.45) is 0 Å². The normalized spacial score (nSPS) is 22.9. The van der Waals surface area contributed by atoms with Gasteiger partial charge in [0.1, 0.15) is 0 Å². The third-order valence-corrected chi connectivity index (χ3v) is 2.53. The molecule has 0 aliphatic carbocycles. The average molecular weight is 177 g/mol. The van der Waals surface area contributed by atoms with Crippen LogP contribution in [0.2, 0.25) is 0 Å². The Morgan fingerprint density at radius 1 is 1.46 bits per heavy atom. The second-order valence-electron chi connectivity index (χ2n) is 3.47. The molecule has 0 saturated carbocycles. The molecule has 1 radical (unpaired) electrons. The summed E-state index contributed by atoms with van der Waals surface area (Å²) in [5.41, 5.74) is 1.19. The Bertz CT molecular complexity index is 265. The van der Waals surface area contributed by atoms with E-state index in [1.165, 1.54) is 18.4 Å². The van der Waals surface area contributed by atoms with Crippen LogP contribution in [0, 0.1) is 0 Å². The maximum absolute atomic E-state index is 10.8. The van der Waals surface area contributed by atoms with E-state index < -0.39 is 0 Å². The number of nitrogens with one attached hydrogen (secondary N) is 1. The number of piperidine rings is 1. The number of nitrogens with zero attached hydrogens (tertiary/aromatic N) is 1. The summed E-state index contributed by atoms with van der Waals surface area (Å²) >= 11 is 0. The lowest BCUT2D eigenvalue weighted by molar-refractivity contribution is 0.336. The van der Waals surface area contributed by atoms with Gasteiger partial charge in [-0.1, -0.05) is 6.07 Å². The molecule has 69 valence electrons. The molecular formula is C10H13N2O. The Kier molecular flexibility index (Phi) is 2.45. The Morgan fingerprint density at radius 3 is 3.00 bits per heavy atom. The molecule has 2 heterocycles. The van der Waals surface area contributed by atoms with Crippen molar-refractivity contribution < 1.29 is 5.11 Å². The van der Waals surface area contributed by atoms with E-state index in [9.17, 15) is 5.11 Å². The van der Waals surface area contributed by atoms with Crippen LogP contribution in [0.3, 0.4) is 0 Å². The minimum atomic E-state index is -0.146. The molecule has 1 N–H and O–H groups in total. The molecule has 1 saturated heterocycles. The summed E-state index contributed by atoms with van der Waals surface area (Å²) in [4.78, 5) is 3.77.